The number of aromatic hydroxyl groups is 2. The lowest BCUT2D eigenvalue weighted by Crippen LogP contribution is -2.34. The molecule has 2 unspecified atom stereocenters. The van der Waals surface area contributed by atoms with Gasteiger partial charge in [-0.05, 0) is 101 Å². The first-order valence-corrected chi connectivity index (χ1v) is 22.1. The average Bonchev–Trinajstić information content (AvgIpc) is 3.98. The number of rotatable bonds is 12. The van der Waals surface area contributed by atoms with Crippen LogP contribution < -0.4 is 24.8 Å². The first-order chi connectivity index (χ1) is 32.6. The topological polar surface area (TPSA) is 157 Å². The highest BCUT2D eigenvalue weighted by Crippen LogP contribution is 2.41. The number of phenols is 2. The van der Waals surface area contributed by atoms with Crippen LogP contribution in [-0.4, -0.2) is 56.4 Å². The van der Waals surface area contributed by atoms with Crippen molar-refractivity contribution in [1.82, 2.24) is 25.2 Å². The summed E-state index contributed by atoms with van der Waals surface area (Å²) in [7, 11) is 1.93. The largest absolute Gasteiger partial charge is 0.505 e. The number of ether oxygens (including phenoxy) is 3. The van der Waals surface area contributed by atoms with E-state index in [9.17, 15) is 19.8 Å². The van der Waals surface area contributed by atoms with Crippen molar-refractivity contribution in [2.45, 2.75) is 18.5 Å². The number of para-hydroxylation sites is 3. The maximum absolute atomic E-state index is 13.0. The zero-order valence-corrected chi connectivity index (χ0v) is 37.5. The lowest BCUT2D eigenvalue weighted by atomic mass is 9.94. The lowest BCUT2D eigenvalue weighted by Gasteiger charge is -2.22. The fourth-order valence-corrected chi connectivity index (χ4v) is 8.75. The van der Waals surface area contributed by atoms with Gasteiger partial charge in [0.15, 0.2) is 13.2 Å². The smallest absolute Gasteiger partial charge is 0.258 e. The monoisotopic (exact) mass is 931 g/mol. The number of aromatic nitrogens is 3. The Bertz CT molecular complexity index is 3260. The number of benzene rings is 6. The van der Waals surface area contributed by atoms with E-state index < -0.39 is 12.1 Å². The molecule has 10 rings (SSSR count). The van der Waals surface area contributed by atoms with Crippen molar-refractivity contribution in [1.29, 1.82) is 0 Å². The minimum Gasteiger partial charge on any atom is -0.505 e. The molecule has 4 heterocycles. The number of nitrogens with zero attached hydrogens (tertiary/aromatic N) is 3. The number of nitrogens with one attached hydrogen (secondary N) is 2. The number of carbonyl (C=O) groups is 2. The first-order valence-electron chi connectivity index (χ1n) is 21.4. The summed E-state index contributed by atoms with van der Waals surface area (Å²) in [6, 6.07) is 43.0. The Morgan fingerprint density at radius 2 is 1.21 bits per heavy atom. The molecule has 2 amide bonds. The maximum Gasteiger partial charge on any atom is 0.258 e. The Morgan fingerprint density at radius 3 is 1.79 bits per heavy atom. The molecular weight excluding hydrogens is 890 g/mol. The van der Waals surface area contributed by atoms with Crippen LogP contribution in [0.5, 0.6) is 28.7 Å². The number of fused-ring (bicyclic) bond motifs is 4. The van der Waals surface area contributed by atoms with Gasteiger partial charge in [-0.15, -0.1) is 0 Å². The van der Waals surface area contributed by atoms with E-state index in [1.165, 1.54) is 0 Å². The Balaban J connectivity index is 0.000000168. The molecule has 0 radical (unpaired) electrons. The molecule has 0 bridgehead atoms. The second kappa shape index (κ2) is 19.7. The predicted octanol–water partition coefficient (Wildman–Crippen LogP) is 10.2. The number of amides is 2. The number of pyridine rings is 2. The molecule has 0 saturated heterocycles. The minimum absolute atomic E-state index is 0.0268. The number of hydrogen-bond donors (Lipinski definition) is 4. The van der Waals surface area contributed by atoms with Gasteiger partial charge in [-0.3, -0.25) is 19.6 Å². The Hall–Kier alpha value is -7.80. The molecule has 0 saturated carbocycles. The van der Waals surface area contributed by atoms with E-state index in [2.05, 4.69) is 20.6 Å². The molecule has 6 aromatic carbocycles. The van der Waals surface area contributed by atoms with Gasteiger partial charge in [0, 0.05) is 59.0 Å². The SMILES string of the molecule is Cn1c(C(NC(=O)COc2ccccc2)c2cc(Cl)c3cccnc3c2O)cc2ccccc21.O=C(COc1ccccc1)NC(c1ccc2c(c1)CCO2)c1cc(Cl)c2cccnc2c1O. The number of carbonyl (C=O) groups excluding carboxylic acids is 2. The van der Waals surface area contributed by atoms with Crippen molar-refractivity contribution in [3.8, 4) is 28.7 Å². The van der Waals surface area contributed by atoms with Crippen LogP contribution >= 0.6 is 23.2 Å². The molecule has 12 nitrogen and oxygen atoms in total. The highest BCUT2D eigenvalue weighted by molar-refractivity contribution is 6.36. The van der Waals surface area contributed by atoms with Gasteiger partial charge in [-0.2, -0.15) is 0 Å². The lowest BCUT2D eigenvalue weighted by molar-refractivity contribution is -0.124. The third kappa shape index (κ3) is 9.62. The molecule has 9 aromatic rings. The molecular formula is C53H43Cl2N5O7. The molecule has 1 aliphatic rings. The highest BCUT2D eigenvalue weighted by Gasteiger charge is 2.28. The molecule has 3 aromatic heterocycles. The van der Waals surface area contributed by atoms with E-state index >= 15 is 0 Å². The molecule has 0 aliphatic carbocycles. The van der Waals surface area contributed by atoms with Gasteiger partial charge >= 0.3 is 0 Å². The van der Waals surface area contributed by atoms with Gasteiger partial charge in [0.05, 0.1) is 28.7 Å². The van der Waals surface area contributed by atoms with E-state index in [1.807, 2.05) is 96.5 Å². The molecule has 67 heavy (non-hydrogen) atoms. The van der Waals surface area contributed by atoms with Crippen LogP contribution in [0.4, 0.5) is 0 Å². The maximum atomic E-state index is 13.0. The average molecular weight is 933 g/mol. The van der Waals surface area contributed by atoms with Crippen LogP contribution in [0.3, 0.4) is 0 Å². The number of aryl methyl sites for hydroxylation is 1. The van der Waals surface area contributed by atoms with Crippen molar-refractivity contribution < 1.29 is 34.0 Å². The zero-order chi connectivity index (χ0) is 46.4. The summed E-state index contributed by atoms with van der Waals surface area (Å²) in [6.07, 6.45) is 3.98. The van der Waals surface area contributed by atoms with Crippen molar-refractivity contribution in [3.05, 3.63) is 196 Å². The van der Waals surface area contributed by atoms with Crippen molar-refractivity contribution >= 4 is 67.7 Å². The molecule has 1 aliphatic heterocycles. The third-order valence-electron chi connectivity index (χ3n) is 11.5. The molecule has 4 N–H and O–H groups in total. The summed E-state index contributed by atoms with van der Waals surface area (Å²) in [5.74, 6) is 1.30. The van der Waals surface area contributed by atoms with Crippen LogP contribution in [-0.2, 0) is 23.1 Å². The van der Waals surface area contributed by atoms with Gasteiger partial charge in [0.25, 0.3) is 11.8 Å². The Labute approximate surface area is 395 Å². The number of hydrogen-bond acceptors (Lipinski definition) is 9. The summed E-state index contributed by atoms with van der Waals surface area (Å²) >= 11 is 13.1. The van der Waals surface area contributed by atoms with Gasteiger partial charge < -0.3 is 39.6 Å². The fourth-order valence-electron chi connectivity index (χ4n) is 8.21. The molecule has 0 spiro atoms. The summed E-state index contributed by atoms with van der Waals surface area (Å²) in [6.45, 7) is 0.275. The molecule has 0 fully saturated rings. The third-order valence-corrected chi connectivity index (χ3v) is 12.1. The van der Waals surface area contributed by atoms with Crippen LogP contribution in [0.1, 0.15) is 40.0 Å². The van der Waals surface area contributed by atoms with Crippen LogP contribution in [0.25, 0.3) is 32.7 Å². The van der Waals surface area contributed by atoms with Crippen LogP contribution in [0.15, 0.2) is 158 Å². The normalized spacial score (nSPS) is 12.6. The second-order valence-corrected chi connectivity index (χ2v) is 16.6. The Kier molecular flexibility index (Phi) is 13.1. The van der Waals surface area contributed by atoms with Crippen molar-refractivity contribution in [2.75, 3.05) is 19.8 Å². The summed E-state index contributed by atoms with van der Waals surface area (Å²) in [4.78, 5) is 34.5. The van der Waals surface area contributed by atoms with E-state index in [0.717, 1.165) is 39.9 Å². The number of phenolic OH excluding ortho intramolecular Hbond substituents is 2. The van der Waals surface area contributed by atoms with Crippen LogP contribution in [0, 0.1) is 0 Å². The van der Waals surface area contributed by atoms with Crippen molar-refractivity contribution in [2.24, 2.45) is 7.05 Å². The van der Waals surface area contributed by atoms with E-state index in [-0.39, 0.29) is 36.5 Å². The van der Waals surface area contributed by atoms with E-state index in [0.29, 0.717) is 61.1 Å². The minimum atomic E-state index is -0.687. The summed E-state index contributed by atoms with van der Waals surface area (Å²) in [5, 5.41) is 31.5. The fraction of sp³-hybridized carbons (Fsp3) is 0.132. The predicted molar refractivity (Wildman–Crippen MR) is 259 cm³/mol. The van der Waals surface area contributed by atoms with Crippen LogP contribution in [0.2, 0.25) is 10.0 Å². The molecule has 336 valence electrons. The summed E-state index contributed by atoms with van der Waals surface area (Å²) < 4.78 is 18.9. The van der Waals surface area contributed by atoms with Crippen molar-refractivity contribution in [3.63, 3.8) is 0 Å². The van der Waals surface area contributed by atoms with Gasteiger partial charge in [0.2, 0.25) is 0 Å². The zero-order valence-electron chi connectivity index (χ0n) is 36.0. The molecule has 2 atom stereocenters. The Morgan fingerprint density at radius 1 is 0.672 bits per heavy atom. The van der Waals surface area contributed by atoms with Gasteiger partial charge in [-0.25, -0.2) is 0 Å². The van der Waals surface area contributed by atoms with E-state index in [4.69, 9.17) is 37.4 Å². The molecule has 14 heteroatoms. The van der Waals surface area contributed by atoms with Gasteiger partial charge in [0.1, 0.15) is 39.8 Å². The summed E-state index contributed by atoms with van der Waals surface area (Å²) in [5.41, 5.74) is 5.31. The van der Waals surface area contributed by atoms with E-state index in [1.54, 1.807) is 73.1 Å². The quantitative estimate of drug-likeness (QED) is 0.0936. The number of halogens is 2. The highest BCUT2D eigenvalue weighted by atomic mass is 35.5. The first kappa shape index (κ1) is 44.4. The van der Waals surface area contributed by atoms with Gasteiger partial charge in [-0.1, -0.05) is 83.9 Å². The second-order valence-electron chi connectivity index (χ2n) is 15.7. The standard InChI is InChI=1S/C27H22ClN3O3.C26H21ClN2O4/c1-31-22-12-6-5-8-17(22)14-23(31)25(30-24(32)16-34-18-9-3-2-4-10-18)20-15-21(28)19-11-7-13-29-26(19)27(20)33;27-21-14-20(26(31)25-19(21)7-4-11-28-25)24(17-8-9-22-16(13-17)10-12-32-22)29-23(30)15-33-18-5-2-1-3-6-18/h2-15,25,33H,16H2,1H3,(H,30,32);1-9,11,13-14,24,31H,10,12,15H2,(H,29,30).